The Morgan fingerprint density at radius 3 is 2.06 bits per heavy atom. The largest absolute Gasteiger partial charge is 0.287 e. The molecule has 2 rings (SSSR count). The molecule has 0 spiro atoms. The third-order valence-electron chi connectivity index (χ3n) is 2.53. The average Bonchev–Trinajstić information content (AvgIpc) is 2.83. The molecule has 0 aliphatic heterocycles. The van der Waals surface area contributed by atoms with Gasteiger partial charge in [0.05, 0.1) is 9.75 Å². The zero-order valence-corrected chi connectivity index (χ0v) is 12.2. The Balaban J connectivity index is 2.30. The van der Waals surface area contributed by atoms with E-state index in [-0.39, 0.29) is 11.2 Å². The highest BCUT2D eigenvalue weighted by atomic mass is 32.1. The van der Waals surface area contributed by atoms with Crippen LogP contribution in [0.15, 0.2) is 24.3 Å². The Labute approximate surface area is 110 Å². The molecule has 0 amide bonds. The fourth-order valence-electron chi connectivity index (χ4n) is 1.54. The van der Waals surface area contributed by atoms with Gasteiger partial charge in [-0.3, -0.25) is 4.79 Å². The highest BCUT2D eigenvalue weighted by Crippen LogP contribution is 2.31. The van der Waals surface area contributed by atoms with Crippen LogP contribution in [0.25, 0.3) is 0 Å². The van der Waals surface area contributed by atoms with Gasteiger partial charge in [0.1, 0.15) is 0 Å². The quantitative estimate of drug-likeness (QED) is 0.722. The molecule has 17 heavy (non-hydrogen) atoms. The van der Waals surface area contributed by atoms with Gasteiger partial charge in [0.25, 0.3) is 0 Å². The van der Waals surface area contributed by atoms with Crippen LogP contribution in [-0.4, -0.2) is 5.78 Å². The first kappa shape index (κ1) is 12.5. The molecule has 0 fully saturated rings. The number of carbonyl (C=O) groups is 1. The summed E-state index contributed by atoms with van der Waals surface area (Å²) in [7, 11) is 0. The van der Waals surface area contributed by atoms with Gasteiger partial charge in [0.2, 0.25) is 5.78 Å². The third-order valence-corrected chi connectivity index (χ3v) is 5.04. The first-order chi connectivity index (χ1) is 7.88. The molecule has 0 aromatic carbocycles. The summed E-state index contributed by atoms with van der Waals surface area (Å²) in [5.41, 5.74) is 0.120. The highest BCUT2D eigenvalue weighted by molar-refractivity contribution is 7.17. The Hall–Kier alpha value is -0.930. The molecule has 0 radical (unpaired) electrons. The lowest BCUT2D eigenvalue weighted by Crippen LogP contribution is -2.07. The Bertz CT molecular complexity index is 541. The second kappa shape index (κ2) is 4.39. The molecule has 0 saturated heterocycles. The van der Waals surface area contributed by atoms with Gasteiger partial charge in [-0.2, -0.15) is 0 Å². The minimum atomic E-state index is 0.120. The lowest BCUT2D eigenvalue weighted by Gasteiger charge is -2.15. The molecule has 1 nitrogen and oxygen atoms in total. The molecule has 0 N–H and O–H groups in total. The van der Waals surface area contributed by atoms with E-state index >= 15 is 0 Å². The van der Waals surface area contributed by atoms with Crippen LogP contribution in [0.5, 0.6) is 0 Å². The van der Waals surface area contributed by atoms with Crippen LogP contribution in [0, 0.1) is 6.92 Å². The molecule has 0 aliphatic rings. The van der Waals surface area contributed by atoms with E-state index in [2.05, 4.69) is 26.8 Å². The second-order valence-corrected chi connectivity index (χ2v) is 7.52. The van der Waals surface area contributed by atoms with Crippen molar-refractivity contribution in [3.8, 4) is 0 Å². The minimum Gasteiger partial charge on any atom is -0.287 e. The molecule has 0 bridgehead atoms. The standard InChI is InChI=1S/C14H16OS2/c1-9-5-6-10(16-9)13(15)11-7-8-12(17-11)14(2,3)4/h5-8H,1-4H3. The molecule has 2 heterocycles. The van der Waals surface area contributed by atoms with Gasteiger partial charge in [-0.05, 0) is 36.6 Å². The highest BCUT2D eigenvalue weighted by Gasteiger charge is 2.19. The van der Waals surface area contributed by atoms with E-state index in [0.717, 1.165) is 9.75 Å². The molecule has 0 unspecified atom stereocenters. The Morgan fingerprint density at radius 2 is 1.59 bits per heavy atom. The molecular weight excluding hydrogens is 248 g/mol. The summed E-state index contributed by atoms with van der Waals surface area (Å²) in [4.78, 5) is 16.3. The van der Waals surface area contributed by atoms with Crippen molar-refractivity contribution in [2.45, 2.75) is 33.1 Å². The van der Waals surface area contributed by atoms with E-state index in [0.29, 0.717) is 0 Å². The van der Waals surface area contributed by atoms with Crippen molar-refractivity contribution < 1.29 is 4.79 Å². The molecule has 2 aromatic rings. The molecule has 0 saturated carbocycles. The maximum absolute atomic E-state index is 12.2. The maximum atomic E-state index is 12.2. The normalized spacial score (nSPS) is 11.8. The smallest absolute Gasteiger partial charge is 0.212 e. The lowest BCUT2D eigenvalue weighted by atomic mass is 9.95. The van der Waals surface area contributed by atoms with Crippen molar-refractivity contribution in [1.29, 1.82) is 0 Å². The van der Waals surface area contributed by atoms with Crippen LogP contribution in [0.1, 0.15) is 45.1 Å². The zero-order chi connectivity index (χ0) is 12.6. The van der Waals surface area contributed by atoms with Gasteiger partial charge in [0.15, 0.2) is 0 Å². The predicted molar refractivity (Wildman–Crippen MR) is 75.5 cm³/mol. The van der Waals surface area contributed by atoms with E-state index in [1.165, 1.54) is 9.75 Å². The zero-order valence-electron chi connectivity index (χ0n) is 10.5. The fourth-order valence-corrected chi connectivity index (χ4v) is 3.45. The summed E-state index contributed by atoms with van der Waals surface area (Å²) >= 11 is 3.17. The molecule has 2 aromatic heterocycles. The van der Waals surface area contributed by atoms with Gasteiger partial charge in [-0.15, -0.1) is 22.7 Å². The number of carbonyl (C=O) groups excluding carboxylic acids is 1. The molecule has 3 heteroatoms. The number of rotatable bonds is 2. The van der Waals surface area contributed by atoms with Crippen LogP contribution in [0.2, 0.25) is 0 Å². The van der Waals surface area contributed by atoms with Gasteiger partial charge < -0.3 is 0 Å². The summed E-state index contributed by atoms with van der Waals surface area (Å²) in [6.45, 7) is 8.53. The van der Waals surface area contributed by atoms with Crippen molar-refractivity contribution in [2.75, 3.05) is 0 Å². The van der Waals surface area contributed by atoms with Gasteiger partial charge >= 0.3 is 0 Å². The third kappa shape index (κ3) is 2.67. The van der Waals surface area contributed by atoms with E-state index < -0.39 is 0 Å². The average molecular weight is 264 g/mol. The van der Waals surface area contributed by atoms with Crippen molar-refractivity contribution in [3.63, 3.8) is 0 Å². The van der Waals surface area contributed by atoms with Crippen molar-refractivity contribution in [3.05, 3.63) is 43.8 Å². The number of ketones is 1. The topological polar surface area (TPSA) is 17.1 Å². The summed E-state index contributed by atoms with van der Waals surface area (Å²) in [5.74, 6) is 0.156. The van der Waals surface area contributed by atoms with Crippen LogP contribution in [0.3, 0.4) is 0 Å². The number of hydrogen-bond donors (Lipinski definition) is 0. The summed E-state index contributed by atoms with van der Waals surface area (Å²) in [6, 6.07) is 7.93. The number of hydrogen-bond acceptors (Lipinski definition) is 3. The van der Waals surface area contributed by atoms with Gasteiger partial charge in [-0.1, -0.05) is 20.8 Å². The molecule has 0 aliphatic carbocycles. The second-order valence-electron chi connectivity index (χ2n) is 5.15. The lowest BCUT2D eigenvalue weighted by molar-refractivity contribution is 0.104. The summed E-state index contributed by atoms with van der Waals surface area (Å²) < 4.78 is 0. The van der Waals surface area contributed by atoms with E-state index in [1.54, 1.807) is 22.7 Å². The summed E-state index contributed by atoms with van der Waals surface area (Å²) in [5, 5.41) is 0. The first-order valence-electron chi connectivity index (χ1n) is 5.59. The van der Waals surface area contributed by atoms with E-state index in [9.17, 15) is 4.79 Å². The van der Waals surface area contributed by atoms with Crippen LogP contribution in [0.4, 0.5) is 0 Å². The minimum absolute atomic E-state index is 0.120. The monoisotopic (exact) mass is 264 g/mol. The molecule has 90 valence electrons. The van der Waals surface area contributed by atoms with E-state index in [4.69, 9.17) is 0 Å². The van der Waals surface area contributed by atoms with Gasteiger partial charge in [-0.25, -0.2) is 0 Å². The fraction of sp³-hybridized carbons (Fsp3) is 0.357. The SMILES string of the molecule is Cc1ccc(C(=O)c2ccc(C(C)(C)C)s2)s1. The predicted octanol–water partition coefficient (Wildman–Crippen LogP) is 4.65. The van der Waals surface area contributed by atoms with Crippen LogP contribution < -0.4 is 0 Å². The van der Waals surface area contributed by atoms with Crippen LogP contribution >= 0.6 is 22.7 Å². The van der Waals surface area contributed by atoms with Crippen molar-refractivity contribution in [1.82, 2.24) is 0 Å². The first-order valence-corrected chi connectivity index (χ1v) is 7.22. The van der Waals surface area contributed by atoms with E-state index in [1.807, 2.05) is 25.1 Å². The van der Waals surface area contributed by atoms with Crippen molar-refractivity contribution in [2.24, 2.45) is 0 Å². The van der Waals surface area contributed by atoms with Gasteiger partial charge in [0, 0.05) is 9.75 Å². The summed E-state index contributed by atoms with van der Waals surface area (Å²) in [6.07, 6.45) is 0. The Morgan fingerprint density at radius 1 is 1.00 bits per heavy atom. The maximum Gasteiger partial charge on any atom is 0.212 e. The Kier molecular flexibility index (Phi) is 3.23. The van der Waals surface area contributed by atoms with Crippen LogP contribution in [-0.2, 0) is 5.41 Å². The molecule has 0 atom stereocenters. The molecular formula is C14H16OS2. The number of aryl methyl sites for hydroxylation is 1. The van der Waals surface area contributed by atoms with Crippen molar-refractivity contribution >= 4 is 28.5 Å². The number of thiophene rings is 2.